The van der Waals surface area contributed by atoms with Crippen molar-refractivity contribution in [2.75, 3.05) is 7.11 Å². The number of benzene rings is 1. The van der Waals surface area contributed by atoms with Crippen LogP contribution in [0.15, 0.2) is 24.3 Å². The molecule has 0 spiro atoms. The third-order valence-electron chi connectivity index (χ3n) is 2.93. The molecule has 1 heterocycles. The average Bonchev–Trinajstić information content (AvgIpc) is 2.83. The molecule has 0 saturated heterocycles. The average molecular weight is 291 g/mol. The Labute approximate surface area is 122 Å². The number of carboxylic acid groups (broad SMARTS) is 1. The molecule has 0 unspecified atom stereocenters. The lowest BCUT2D eigenvalue weighted by atomic mass is 10.1. The minimum atomic E-state index is -0.895. The van der Waals surface area contributed by atoms with Crippen molar-refractivity contribution in [3.05, 3.63) is 45.4 Å². The third-order valence-corrected chi connectivity index (χ3v) is 4.08. The Bertz CT molecular complexity index is 590. The molecular weight excluding hydrogens is 274 g/mol. The zero-order valence-corrected chi connectivity index (χ0v) is 12.4. The van der Waals surface area contributed by atoms with Gasteiger partial charge in [0.15, 0.2) is 0 Å². The normalized spacial score (nSPS) is 10.5. The molecule has 0 radical (unpaired) electrons. The van der Waals surface area contributed by atoms with Gasteiger partial charge in [0.25, 0.3) is 0 Å². The number of aryl methyl sites for hydroxylation is 1. The van der Waals surface area contributed by atoms with Crippen LogP contribution < -0.4 is 4.74 Å². The molecule has 0 fully saturated rings. The number of carbonyl (C=O) groups is 1. The highest BCUT2D eigenvalue weighted by Gasteiger charge is 2.17. The van der Waals surface area contributed by atoms with Crippen LogP contribution in [0, 0.1) is 0 Å². The van der Waals surface area contributed by atoms with E-state index in [2.05, 4.69) is 11.9 Å². The minimum absolute atomic E-state index is 0.351. The lowest BCUT2D eigenvalue weighted by Crippen LogP contribution is -2.00. The summed E-state index contributed by atoms with van der Waals surface area (Å²) in [7, 11) is 1.62. The molecule has 0 aliphatic rings. The Morgan fingerprint density at radius 1 is 1.35 bits per heavy atom. The van der Waals surface area contributed by atoms with Crippen LogP contribution in [0.3, 0.4) is 0 Å². The van der Waals surface area contributed by atoms with Crippen molar-refractivity contribution < 1.29 is 14.6 Å². The predicted octanol–water partition coefficient (Wildman–Crippen LogP) is 3.39. The number of hydrogen-bond acceptors (Lipinski definition) is 4. The van der Waals surface area contributed by atoms with Crippen molar-refractivity contribution in [2.24, 2.45) is 0 Å². The number of nitrogens with zero attached hydrogens (tertiary/aromatic N) is 1. The monoisotopic (exact) mass is 291 g/mol. The summed E-state index contributed by atoms with van der Waals surface area (Å²) >= 11 is 1.28. The van der Waals surface area contributed by atoms with Crippen molar-refractivity contribution in [3.63, 3.8) is 0 Å². The second-order valence-corrected chi connectivity index (χ2v) is 5.55. The molecule has 0 bridgehead atoms. The van der Waals surface area contributed by atoms with E-state index in [1.165, 1.54) is 11.3 Å². The van der Waals surface area contributed by atoms with Crippen LogP contribution in [0.4, 0.5) is 0 Å². The zero-order valence-electron chi connectivity index (χ0n) is 11.5. The maximum absolute atomic E-state index is 11.3. The van der Waals surface area contributed by atoms with E-state index < -0.39 is 5.97 Å². The van der Waals surface area contributed by atoms with Crippen LogP contribution in [0.1, 0.15) is 39.3 Å². The van der Waals surface area contributed by atoms with Gasteiger partial charge in [0.1, 0.15) is 10.6 Å². The van der Waals surface area contributed by atoms with Gasteiger partial charge in [0.05, 0.1) is 17.8 Å². The van der Waals surface area contributed by atoms with Crippen LogP contribution in [0.2, 0.25) is 0 Å². The summed E-state index contributed by atoms with van der Waals surface area (Å²) in [5, 5.41) is 10.2. The minimum Gasteiger partial charge on any atom is -0.497 e. The van der Waals surface area contributed by atoms with Crippen molar-refractivity contribution in [1.29, 1.82) is 0 Å². The quantitative estimate of drug-likeness (QED) is 0.886. The fourth-order valence-electron chi connectivity index (χ4n) is 1.95. The number of aromatic nitrogens is 1. The fourth-order valence-corrected chi connectivity index (χ4v) is 2.97. The fraction of sp³-hybridized carbons (Fsp3) is 0.333. The molecule has 1 N–H and O–H groups in total. The largest absolute Gasteiger partial charge is 0.497 e. The number of thiazole rings is 1. The Kier molecular flexibility index (Phi) is 4.74. The topological polar surface area (TPSA) is 59.4 Å². The van der Waals surface area contributed by atoms with Crippen LogP contribution in [0.5, 0.6) is 5.75 Å². The van der Waals surface area contributed by atoms with E-state index in [0.29, 0.717) is 17.0 Å². The molecule has 2 rings (SSSR count). The summed E-state index contributed by atoms with van der Waals surface area (Å²) in [5.41, 5.74) is 1.68. The number of ether oxygens (including phenoxy) is 1. The van der Waals surface area contributed by atoms with Gasteiger partial charge >= 0.3 is 5.97 Å². The van der Waals surface area contributed by atoms with Gasteiger partial charge in [-0.25, -0.2) is 9.78 Å². The molecule has 20 heavy (non-hydrogen) atoms. The molecule has 0 aliphatic heterocycles. The summed E-state index contributed by atoms with van der Waals surface area (Å²) < 4.78 is 5.11. The molecular formula is C15H17NO3S. The molecule has 106 valence electrons. The Morgan fingerprint density at radius 3 is 2.60 bits per heavy atom. The Hall–Kier alpha value is -1.88. The van der Waals surface area contributed by atoms with E-state index in [-0.39, 0.29) is 0 Å². The van der Waals surface area contributed by atoms with Crippen LogP contribution in [-0.2, 0) is 12.8 Å². The van der Waals surface area contributed by atoms with E-state index in [1.54, 1.807) is 7.11 Å². The standard InChI is InChI=1S/C15H17NO3S/c1-3-4-13-16-12(14(20-13)15(17)18)9-10-5-7-11(19-2)8-6-10/h5-8H,3-4,9H2,1-2H3,(H,17,18). The first-order valence-corrected chi connectivity index (χ1v) is 7.30. The van der Waals surface area contributed by atoms with E-state index in [1.807, 2.05) is 24.3 Å². The summed E-state index contributed by atoms with van der Waals surface area (Å²) in [6.07, 6.45) is 2.33. The summed E-state index contributed by atoms with van der Waals surface area (Å²) in [6, 6.07) is 7.61. The van der Waals surface area contributed by atoms with Gasteiger partial charge in [-0.05, 0) is 30.5 Å². The summed E-state index contributed by atoms with van der Waals surface area (Å²) in [4.78, 5) is 16.1. The molecule has 2 aromatic rings. The van der Waals surface area contributed by atoms with Gasteiger partial charge in [-0.2, -0.15) is 0 Å². The third kappa shape index (κ3) is 3.36. The van der Waals surface area contributed by atoms with E-state index in [4.69, 9.17) is 4.74 Å². The summed E-state index contributed by atoms with van der Waals surface area (Å²) in [6.45, 7) is 2.06. The highest BCUT2D eigenvalue weighted by Crippen LogP contribution is 2.23. The van der Waals surface area contributed by atoms with Gasteiger partial charge < -0.3 is 9.84 Å². The van der Waals surface area contributed by atoms with Crippen LogP contribution in [0.25, 0.3) is 0 Å². The maximum Gasteiger partial charge on any atom is 0.347 e. The highest BCUT2D eigenvalue weighted by atomic mass is 32.1. The van der Waals surface area contributed by atoms with E-state index in [9.17, 15) is 9.90 Å². The number of rotatable bonds is 6. The first-order valence-electron chi connectivity index (χ1n) is 6.48. The first kappa shape index (κ1) is 14.5. The smallest absolute Gasteiger partial charge is 0.347 e. The predicted molar refractivity (Wildman–Crippen MR) is 78.9 cm³/mol. The molecule has 0 aliphatic carbocycles. The number of methoxy groups -OCH3 is 1. The van der Waals surface area contributed by atoms with Gasteiger partial charge in [0.2, 0.25) is 0 Å². The Morgan fingerprint density at radius 2 is 2.05 bits per heavy atom. The molecule has 1 aromatic carbocycles. The van der Waals surface area contributed by atoms with Gasteiger partial charge in [-0.15, -0.1) is 11.3 Å². The molecule has 0 atom stereocenters. The Balaban J connectivity index is 2.24. The van der Waals surface area contributed by atoms with Crippen LogP contribution >= 0.6 is 11.3 Å². The SMILES string of the molecule is CCCc1nc(Cc2ccc(OC)cc2)c(C(=O)O)s1. The summed E-state index contributed by atoms with van der Waals surface area (Å²) in [5.74, 6) is -0.106. The second kappa shape index (κ2) is 6.52. The molecule has 0 amide bonds. The molecule has 4 nitrogen and oxygen atoms in total. The van der Waals surface area contributed by atoms with Crippen molar-refractivity contribution in [3.8, 4) is 5.75 Å². The molecule has 1 aromatic heterocycles. The lowest BCUT2D eigenvalue weighted by Gasteiger charge is -2.02. The van der Waals surface area contributed by atoms with Gasteiger partial charge in [0, 0.05) is 6.42 Å². The number of aromatic carboxylic acids is 1. The van der Waals surface area contributed by atoms with Crippen LogP contribution in [-0.4, -0.2) is 23.2 Å². The lowest BCUT2D eigenvalue weighted by molar-refractivity contribution is 0.0701. The number of carboxylic acids is 1. The maximum atomic E-state index is 11.3. The molecule has 0 saturated carbocycles. The van der Waals surface area contributed by atoms with Crippen molar-refractivity contribution in [1.82, 2.24) is 4.98 Å². The number of hydrogen-bond donors (Lipinski definition) is 1. The first-order chi connectivity index (χ1) is 9.63. The van der Waals surface area contributed by atoms with E-state index >= 15 is 0 Å². The van der Waals surface area contributed by atoms with Gasteiger partial charge in [-0.1, -0.05) is 19.1 Å². The highest BCUT2D eigenvalue weighted by molar-refractivity contribution is 7.13. The van der Waals surface area contributed by atoms with E-state index in [0.717, 1.165) is 29.2 Å². The molecule has 5 heteroatoms. The second-order valence-electron chi connectivity index (χ2n) is 4.46. The van der Waals surface area contributed by atoms with Gasteiger partial charge in [-0.3, -0.25) is 0 Å². The van der Waals surface area contributed by atoms with Crippen molar-refractivity contribution in [2.45, 2.75) is 26.2 Å². The van der Waals surface area contributed by atoms with Crippen molar-refractivity contribution >= 4 is 17.3 Å². The zero-order chi connectivity index (χ0) is 14.5.